The van der Waals surface area contributed by atoms with Gasteiger partial charge in [0.1, 0.15) is 0 Å². The molecule has 1 unspecified atom stereocenters. The Bertz CT molecular complexity index is 307. The predicted octanol–water partition coefficient (Wildman–Crippen LogP) is 1.56. The van der Waals surface area contributed by atoms with E-state index in [-0.39, 0.29) is 5.92 Å². The molecule has 0 bridgehead atoms. The monoisotopic (exact) mass is 196 g/mol. The Labute approximate surface area is 83.5 Å². The molecule has 0 aliphatic heterocycles. The maximum atomic E-state index is 10.6. The summed E-state index contributed by atoms with van der Waals surface area (Å²) in [5, 5.41) is 13.0. The number of hydrogen-bond acceptors (Lipinski definition) is 2. The van der Waals surface area contributed by atoms with Crippen LogP contribution >= 0.6 is 0 Å². The summed E-state index contributed by atoms with van der Waals surface area (Å²) in [6.45, 7) is 4.60. The van der Waals surface area contributed by atoms with E-state index in [0.717, 1.165) is 18.7 Å². The highest BCUT2D eigenvalue weighted by atomic mass is 16.4. The Morgan fingerprint density at radius 3 is 2.93 bits per heavy atom. The molecule has 0 saturated carbocycles. The van der Waals surface area contributed by atoms with E-state index >= 15 is 0 Å². The first-order valence-corrected chi connectivity index (χ1v) is 4.88. The number of aromatic nitrogens is 2. The van der Waals surface area contributed by atoms with Crippen molar-refractivity contribution < 1.29 is 9.90 Å². The average molecular weight is 196 g/mol. The van der Waals surface area contributed by atoms with Crippen molar-refractivity contribution in [1.29, 1.82) is 0 Å². The molecule has 1 heterocycles. The van der Waals surface area contributed by atoms with Crippen molar-refractivity contribution in [3.8, 4) is 0 Å². The van der Waals surface area contributed by atoms with Crippen molar-refractivity contribution in [1.82, 2.24) is 9.78 Å². The minimum Gasteiger partial charge on any atom is -0.481 e. The molecule has 1 rings (SSSR count). The van der Waals surface area contributed by atoms with Crippen LogP contribution in [0.2, 0.25) is 0 Å². The second-order valence-electron chi connectivity index (χ2n) is 3.44. The van der Waals surface area contributed by atoms with Crippen molar-refractivity contribution in [3.05, 3.63) is 18.0 Å². The van der Waals surface area contributed by atoms with E-state index in [4.69, 9.17) is 5.11 Å². The van der Waals surface area contributed by atoms with Crippen LogP contribution in [-0.4, -0.2) is 20.9 Å². The van der Waals surface area contributed by atoms with E-state index in [2.05, 4.69) is 5.10 Å². The second kappa shape index (κ2) is 4.79. The fourth-order valence-corrected chi connectivity index (χ4v) is 1.20. The van der Waals surface area contributed by atoms with Gasteiger partial charge in [-0.05, 0) is 25.8 Å². The zero-order chi connectivity index (χ0) is 10.6. The molecular weight excluding hydrogens is 180 g/mol. The van der Waals surface area contributed by atoms with Gasteiger partial charge in [0.15, 0.2) is 0 Å². The highest BCUT2D eigenvalue weighted by Crippen LogP contribution is 2.07. The molecule has 0 saturated heterocycles. The normalized spacial score (nSPS) is 12.7. The van der Waals surface area contributed by atoms with Crippen LogP contribution in [0, 0.1) is 5.92 Å². The summed E-state index contributed by atoms with van der Waals surface area (Å²) in [6.07, 6.45) is 3.30. The van der Waals surface area contributed by atoms with Gasteiger partial charge in [-0.25, -0.2) is 0 Å². The van der Waals surface area contributed by atoms with Gasteiger partial charge in [-0.1, -0.05) is 6.92 Å². The standard InChI is InChI=1S/C10H16N2O2/c1-3-12-7-6-9(11-12)5-4-8(2)10(13)14/h6-8H,3-5H2,1-2H3,(H,13,14). The van der Waals surface area contributed by atoms with Crippen LogP contribution in [0.25, 0.3) is 0 Å². The van der Waals surface area contributed by atoms with Gasteiger partial charge in [0.2, 0.25) is 0 Å². The Balaban J connectivity index is 2.41. The number of carboxylic acids is 1. The average Bonchev–Trinajstić information content (AvgIpc) is 2.61. The quantitative estimate of drug-likeness (QED) is 0.777. The lowest BCUT2D eigenvalue weighted by Gasteiger charge is -2.03. The minimum atomic E-state index is -0.736. The fraction of sp³-hybridized carbons (Fsp3) is 0.600. The predicted molar refractivity (Wildman–Crippen MR) is 53.0 cm³/mol. The van der Waals surface area contributed by atoms with E-state index in [1.807, 2.05) is 23.9 Å². The van der Waals surface area contributed by atoms with Crippen LogP contribution in [0.1, 0.15) is 26.0 Å². The summed E-state index contributed by atoms with van der Waals surface area (Å²) >= 11 is 0. The van der Waals surface area contributed by atoms with Crippen molar-refractivity contribution in [2.75, 3.05) is 0 Å². The topological polar surface area (TPSA) is 55.1 Å². The van der Waals surface area contributed by atoms with Gasteiger partial charge in [-0.2, -0.15) is 5.10 Å². The molecule has 0 fully saturated rings. The summed E-state index contributed by atoms with van der Waals surface area (Å²) in [7, 11) is 0. The summed E-state index contributed by atoms with van der Waals surface area (Å²) in [5.41, 5.74) is 0.972. The zero-order valence-electron chi connectivity index (χ0n) is 8.60. The maximum absolute atomic E-state index is 10.6. The SMILES string of the molecule is CCn1ccc(CCC(C)C(=O)O)n1. The van der Waals surface area contributed by atoms with Gasteiger partial charge < -0.3 is 5.11 Å². The van der Waals surface area contributed by atoms with Crippen LogP contribution in [0.5, 0.6) is 0 Å². The Morgan fingerprint density at radius 1 is 1.71 bits per heavy atom. The molecule has 4 heteroatoms. The fourth-order valence-electron chi connectivity index (χ4n) is 1.20. The number of rotatable bonds is 5. The summed E-state index contributed by atoms with van der Waals surface area (Å²) in [5.74, 6) is -1.03. The van der Waals surface area contributed by atoms with E-state index in [1.54, 1.807) is 6.92 Å². The molecule has 4 nitrogen and oxygen atoms in total. The lowest BCUT2D eigenvalue weighted by atomic mass is 10.1. The maximum Gasteiger partial charge on any atom is 0.306 e. The molecule has 0 aromatic carbocycles. The molecule has 1 aromatic rings. The molecule has 1 aromatic heterocycles. The van der Waals surface area contributed by atoms with E-state index in [9.17, 15) is 4.79 Å². The third-order valence-corrected chi connectivity index (χ3v) is 2.27. The zero-order valence-corrected chi connectivity index (χ0v) is 8.60. The molecule has 0 aliphatic carbocycles. The molecule has 1 atom stereocenters. The summed E-state index contributed by atoms with van der Waals surface area (Å²) in [4.78, 5) is 10.6. The summed E-state index contributed by atoms with van der Waals surface area (Å²) < 4.78 is 1.85. The van der Waals surface area contributed by atoms with E-state index in [1.165, 1.54) is 0 Å². The Morgan fingerprint density at radius 2 is 2.43 bits per heavy atom. The molecular formula is C10H16N2O2. The smallest absolute Gasteiger partial charge is 0.306 e. The number of aliphatic carboxylic acids is 1. The number of hydrogen-bond donors (Lipinski definition) is 1. The van der Waals surface area contributed by atoms with Crippen LogP contribution in [0.4, 0.5) is 0 Å². The van der Waals surface area contributed by atoms with Crippen LogP contribution in [0.15, 0.2) is 12.3 Å². The van der Waals surface area contributed by atoms with Crippen molar-refractivity contribution in [2.45, 2.75) is 33.2 Å². The van der Waals surface area contributed by atoms with E-state index in [0.29, 0.717) is 6.42 Å². The second-order valence-corrected chi connectivity index (χ2v) is 3.44. The lowest BCUT2D eigenvalue weighted by Crippen LogP contribution is -2.10. The van der Waals surface area contributed by atoms with Crippen LogP contribution in [0.3, 0.4) is 0 Å². The molecule has 1 N–H and O–H groups in total. The highest BCUT2D eigenvalue weighted by Gasteiger charge is 2.11. The summed E-state index contributed by atoms with van der Waals surface area (Å²) in [6, 6.07) is 1.94. The van der Waals surface area contributed by atoms with Gasteiger partial charge in [-0.3, -0.25) is 9.48 Å². The highest BCUT2D eigenvalue weighted by molar-refractivity contribution is 5.69. The third-order valence-electron chi connectivity index (χ3n) is 2.27. The number of nitrogens with zero attached hydrogens (tertiary/aromatic N) is 2. The van der Waals surface area contributed by atoms with Gasteiger partial charge in [0.05, 0.1) is 11.6 Å². The van der Waals surface area contributed by atoms with Crippen molar-refractivity contribution in [3.63, 3.8) is 0 Å². The first kappa shape index (κ1) is 10.8. The van der Waals surface area contributed by atoms with Gasteiger partial charge in [0, 0.05) is 12.7 Å². The Hall–Kier alpha value is -1.32. The molecule has 0 radical (unpaired) electrons. The van der Waals surface area contributed by atoms with Crippen LogP contribution in [-0.2, 0) is 17.8 Å². The number of aryl methyl sites for hydroxylation is 2. The minimum absolute atomic E-state index is 0.290. The molecule has 78 valence electrons. The molecule has 0 spiro atoms. The first-order chi connectivity index (χ1) is 6.63. The third kappa shape index (κ3) is 2.87. The Kier molecular flexibility index (Phi) is 3.68. The first-order valence-electron chi connectivity index (χ1n) is 4.88. The largest absolute Gasteiger partial charge is 0.481 e. The molecule has 0 aliphatic rings. The van der Waals surface area contributed by atoms with Gasteiger partial charge >= 0.3 is 5.97 Å². The van der Waals surface area contributed by atoms with Crippen LogP contribution < -0.4 is 0 Å². The molecule has 0 amide bonds. The van der Waals surface area contributed by atoms with Gasteiger partial charge in [0.25, 0.3) is 0 Å². The van der Waals surface area contributed by atoms with Gasteiger partial charge in [-0.15, -0.1) is 0 Å². The number of carboxylic acid groups (broad SMARTS) is 1. The lowest BCUT2D eigenvalue weighted by molar-refractivity contribution is -0.141. The number of carbonyl (C=O) groups is 1. The van der Waals surface area contributed by atoms with Crippen molar-refractivity contribution >= 4 is 5.97 Å². The molecule has 14 heavy (non-hydrogen) atoms. The van der Waals surface area contributed by atoms with E-state index < -0.39 is 5.97 Å². The van der Waals surface area contributed by atoms with Crippen molar-refractivity contribution in [2.24, 2.45) is 5.92 Å².